The maximum Gasteiger partial charge on any atom is 0.264 e. The summed E-state index contributed by atoms with van der Waals surface area (Å²) in [6.45, 7) is 2.90. The molecule has 0 spiro atoms. The molecule has 1 unspecified atom stereocenters. The largest absolute Gasteiger partial charge is 0.494 e. The van der Waals surface area contributed by atoms with Gasteiger partial charge in [-0.05, 0) is 69.2 Å². The molecule has 1 saturated carbocycles. The summed E-state index contributed by atoms with van der Waals surface area (Å²) in [5, 5.41) is 3.00. The minimum atomic E-state index is -4.38. The van der Waals surface area contributed by atoms with Gasteiger partial charge in [0.1, 0.15) is 24.2 Å². The molecule has 1 aliphatic rings. The molecule has 45 heavy (non-hydrogen) atoms. The fraction of sp³-hybridized carbons (Fsp3) is 0.394. The van der Waals surface area contributed by atoms with Crippen LogP contribution >= 0.6 is 0 Å². The molecule has 1 fully saturated rings. The standard InChI is InChI=1S/C33H40FN3O7S/c1-5-44-27-16-14-26(15-17-27)37(45(40,41)28-18-19-30(42-3)31(20-28)43-4)22-32(38)36(21-24-10-6-9-13-29(24)34)23(2)33(39)35-25-11-7-8-12-25/h6,9-10,13-20,23,25H,5,7-8,11-12,21-22H2,1-4H3,(H,35,39). The average Bonchev–Trinajstić information content (AvgIpc) is 3.56. The summed E-state index contributed by atoms with van der Waals surface area (Å²) in [6.07, 6.45) is 3.69. The first kappa shape index (κ1) is 33.6. The molecule has 1 N–H and O–H groups in total. The van der Waals surface area contributed by atoms with Gasteiger partial charge < -0.3 is 24.4 Å². The van der Waals surface area contributed by atoms with E-state index < -0.39 is 34.3 Å². The molecule has 1 atom stereocenters. The van der Waals surface area contributed by atoms with E-state index in [1.807, 2.05) is 6.92 Å². The van der Waals surface area contributed by atoms with E-state index in [2.05, 4.69) is 5.32 Å². The van der Waals surface area contributed by atoms with Crippen molar-refractivity contribution < 1.29 is 36.6 Å². The Labute approximate surface area is 264 Å². The molecule has 0 heterocycles. The maximum absolute atomic E-state index is 14.8. The molecule has 3 aromatic rings. The second kappa shape index (κ2) is 15.1. The molecular weight excluding hydrogens is 601 g/mol. The van der Waals surface area contributed by atoms with Crippen molar-refractivity contribution in [2.45, 2.75) is 63.1 Å². The predicted octanol–water partition coefficient (Wildman–Crippen LogP) is 4.91. The molecule has 10 nitrogen and oxygen atoms in total. The minimum Gasteiger partial charge on any atom is -0.494 e. The summed E-state index contributed by atoms with van der Waals surface area (Å²) in [4.78, 5) is 28.6. The van der Waals surface area contributed by atoms with E-state index in [1.54, 1.807) is 25.1 Å². The molecule has 0 radical (unpaired) electrons. The monoisotopic (exact) mass is 641 g/mol. The molecule has 0 aliphatic heterocycles. The second-order valence-electron chi connectivity index (χ2n) is 10.7. The van der Waals surface area contributed by atoms with Gasteiger partial charge in [-0.25, -0.2) is 12.8 Å². The van der Waals surface area contributed by atoms with Crippen molar-refractivity contribution in [2.24, 2.45) is 0 Å². The molecule has 2 amide bonds. The summed E-state index contributed by atoms with van der Waals surface area (Å²) in [7, 11) is -1.55. The van der Waals surface area contributed by atoms with Crippen molar-refractivity contribution >= 4 is 27.5 Å². The Morgan fingerprint density at radius 2 is 1.64 bits per heavy atom. The van der Waals surface area contributed by atoms with Crippen LogP contribution in [0.25, 0.3) is 0 Å². The van der Waals surface area contributed by atoms with Gasteiger partial charge in [0.05, 0.1) is 31.4 Å². The highest BCUT2D eigenvalue weighted by Gasteiger charge is 2.34. The SMILES string of the molecule is CCOc1ccc(N(CC(=O)N(Cc2ccccc2F)C(C)C(=O)NC2CCCC2)S(=O)(=O)c2ccc(OC)c(OC)c2)cc1. The highest BCUT2D eigenvalue weighted by molar-refractivity contribution is 7.92. The number of nitrogens with zero attached hydrogens (tertiary/aromatic N) is 2. The lowest BCUT2D eigenvalue weighted by Gasteiger charge is -2.32. The van der Waals surface area contributed by atoms with Crippen LogP contribution in [0.2, 0.25) is 0 Å². The van der Waals surface area contributed by atoms with Gasteiger partial charge in [0.25, 0.3) is 10.0 Å². The number of anilines is 1. The first-order valence-electron chi connectivity index (χ1n) is 14.9. The first-order chi connectivity index (χ1) is 21.6. The van der Waals surface area contributed by atoms with Gasteiger partial charge in [-0.2, -0.15) is 0 Å². The van der Waals surface area contributed by atoms with Crippen molar-refractivity contribution in [1.29, 1.82) is 0 Å². The summed E-state index contributed by atoms with van der Waals surface area (Å²) in [5.74, 6) is -0.574. The molecule has 4 rings (SSSR count). The average molecular weight is 642 g/mol. The molecule has 3 aromatic carbocycles. The third-order valence-electron chi connectivity index (χ3n) is 7.82. The Bertz CT molecular complexity index is 1580. The highest BCUT2D eigenvalue weighted by Crippen LogP contribution is 2.33. The number of benzene rings is 3. The smallest absolute Gasteiger partial charge is 0.264 e. The van der Waals surface area contributed by atoms with E-state index in [1.165, 1.54) is 67.7 Å². The summed E-state index contributed by atoms with van der Waals surface area (Å²) < 4.78 is 60.3. The number of nitrogens with one attached hydrogen (secondary N) is 1. The van der Waals surface area contributed by atoms with Crippen LogP contribution in [0.5, 0.6) is 17.2 Å². The van der Waals surface area contributed by atoms with Gasteiger partial charge in [-0.15, -0.1) is 0 Å². The van der Waals surface area contributed by atoms with Crippen molar-refractivity contribution in [2.75, 3.05) is 31.7 Å². The van der Waals surface area contributed by atoms with Gasteiger partial charge in [-0.1, -0.05) is 31.0 Å². The highest BCUT2D eigenvalue weighted by atomic mass is 32.2. The number of amides is 2. The molecule has 0 bridgehead atoms. The fourth-order valence-corrected chi connectivity index (χ4v) is 6.72. The summed E-state index contributed by atoms with van der Waals surface area (Å²) in [6, 6.07) is 15.4. The fourth-order valence-electron chi connectivity index (χ4n) is 5.29. The van der Waals surface area contributed by atoms with Gasteiger partial charge in [0.2, 0.25) is 11.8 Å². The van der Waals surface area contributed by atoms with E-state index in [0.29, 0.717) is 18.1 Å². The van der Waals surface area contributed by atoms with Crippen LogP contribution in [0.15, 0.2) is 71.6 Å². The van der Waals surface area contributed by atoms with E-state index in [4.69, 9.17) is 14.2 Å². The lowest BCUT2D eigenvalue weighted by atomic mass is 10.1. The lowest BCUT2D eigenvalue weighted by Crippen LogP contribution is -2.52. The number of hydrogen-bond donors (Lipinski definition) is 1. The predicted molar refractivity (Wildman–Crippen MR) is 168 cm³/mol. The Morgan fingerprint density at radius 1 is 0.978 bits per heavy atom. The van der Waals surface area contributed by atoms with E-state index in [-0.39, 0.29) is 40.4 Å². The van der Waals surface area contributed by atoms with Gasteiger partial charge in [0.15, 0.2) is 11.5 Å². The lowest BCUT2D eigenvalue weighted by molar-refractivity contribution is -0.139. The number of ether oxygens (including phenoxy) is 3. The number of carbonyl (C=O) groups is 2. The van der Waals surface area contributed by atoms with Crippen LogP contribution in [-0.4, -0.2) is 64.6 Å². The number of methoxy groups -OCH3 is 2. The normalized spacial score (nSPS) is 14.0. The summed E-state index contributed by atoms with van der Waals surface area (Å²) in [5.41, 5.74) is 0.386. The molecule has 1 aliphatic carbocycles. The number of sulfonamides is 1. The summed E-state index contributed by atoms with van der Waals surface area (Å²) >= 11 is 0. The Kier molecular flexibility index (Phi) is 11.3. The number of rotatable bonds is 14. The Balaban J connectivity index is 1.73. The van der Waals surface area contributed by atoms with Crippen LogP contribution in [0, 0.1) is 5.82 Å². The van der Waals surface area contributed by atoms with Crippen molar-refractivity contribution in [3.63, 3.8) is 0 Å². The third kappa shape index (κ3) is 8.05. The number of halogens is 1. The van der Waals surface area contributed by atoms with Crippen LogP contribution in [0.3, 0.4) is 0 Å². The van der Waals surface area contributed by atoms with Crippen LogP contribution in [0.1, 0.15) is 45.1 Å². The van der Waals surface area contributed by atoms with E-state index in [9.17, 15) is 22.4 Å². The van der Waals surface area contributed by atoms with Crippen LogP contribution in [-0.2, 0) is 26.2 Å². The maximum atomic E-state index is 14.8. The Morgan fingerprint density at radius 3 is 2.27 bits per heavy atom. The third-order valence-corrected chi connectivity index (χ3v) is 9.59. The number of hydrogen-bond acceptors (Lipinski definition) is 7. The first-order valence-corrected chi connectivity index (χ1v) is 16.3. The van der Waals surface area contributed by atoms with Crippen LogP contribution in [0.4, 0.5) is 10.1 Å². The number of carbonyl (C=O) groups excluding carboxylic acids is 2. The minimum absolute atomic E-state index is 0.00357. The molecule has 242 valence electrons. The van der Waals surface area contributed by atoms with E-state index >= 15 is 0 Å². The van der Waals surface area contributed by atoms with Gasteiger partial charge >= 0.3 is 0 Å². The molecule has 12 heteroatoms. The van der Waals surface area contributed by atoms with Crippen LogP contribution < -0.4 is 23.8 Å². The van der Waals surface area contributed by atoms with Crippen molar-refractivity contribution in [3.05, 3.63) is 78.1 Å². The zero-order valence-electron chi connectivity index (χ0n) is 26.0. The van der Waals surface area contributed by atoms with Crippen molar-refractivity contribution in [1.82, 2.24) is 10.2 Å². The molecule has 0 aromatic heterocycles. The molecular formula is C33H40FN3O7S. The van der Waals surface area contributed by atoms with Gasteiger partial charge in [0, 0.05) is 24.2 Å². The second-order valence-corrected chi connectivity index (χ2v) is 12.6. The Hall–Kier alpha value is -4.32. The molecule has 0 saturated heterocycles. The quantitative estimate of drug-likeness (QED) is 0.266. The topological polar surface area (TPSA) is 114 Å². The zero-order chi connectivity index (χ0) is 32.6. The van der Waals surface area contributed by atoms with E-state index in [0.717, 1.165) is 30.0 Å². The van der Waals surface area contributed by atoms with Gasteiger partial charge in [-0.3, -0.25) is 13.9 Å². The zero-order valence-corrected chi connectivity index (χ0v) is 26.8. The van der Waals surface area contributed by atoms with Crippen molar-refractivity contribution in [3.8, 4) is 17.2 Å².